The van der Waals surface area contributed by atoms with Crippen LogP contribution in [0.4, 0.5) is 17.1 Å². The molecule has 0 saturated heterocycles. The van der Waals surface area contributed by atoms with Crippen molar-refractivity contribution < 1.29 is 0 Å². The Balaban J connectivity index is 0.957. The Bertz CT molecular complexity index is 4580. The van der Waals surface area contributed by atoms with E-state index in [1.807, 2.05) is 0 Å². The molecule has 0 fully saturated rings. The molecule has 1 aromatic heterocycles. The Morgan fingerprint density at radius 2 is 0.714 bits per heavy atom. The summed E-state index contributed by atoms with van der Waals surface area (Å²) in [5.74, 6) is 0. The highest BCUT2D eigenvalue weighted by Crippen LogP contribution is 2.64. The zero-order valence-electron chi connectivity index (χ0n) is 42.1. The van der Waals surface area contributed by atoms with Gasteiger partial charge < -0.3 is 9.47 Å². The predicted molar refractivity (Wildman–Crippen MR) is 323 cm³/mol. The fourth-order valence-electron chi connectivity index (χ4n) is 13.7. The number of hydrogen-bond acceptors (Lipinski definition) is 1. The summed E-state index contributed by atoms with van der Waals surface area (Å²) in [7, 11) is 0. The molecule has 0 saturated carbocycles. The summed E-state index contributed by atoms with van der Waals surface area (Å²) >= 11 is 0. The van der Waals surface area contributed by atoms with Crippen LogP contribution in [0.15, 0.2) is 291 Å². The first kappa shape index (κ1) is 43.4. The Kier molecular flexibility index (Phi) is 9.58. The average molecular weight is 977 g/mol. The highest BCUT2D eigenvalue weighted by Gasteiger charge is 2.52. The van der Waals surface area contributed by atoms with Crippen molar-refractivity contribution >= 4 is 60.4 Å². The van der Waals surface area contributed by atoms with Crippen LogP contribution in [0.5, 0.6) is 0 Å². The van der Waals surface area contributed by atoms with Crippen LogP contribution in [-0.4, -0.2) is 4.57 Å². The normalized spacial score (nSPS) is 12.8. The van der Waals surface area contributed by atoms with Gasteiger partial charge in [0.1, 0.15) is 0 Å². The van der Waals surface area contributed by atoms with Crippen LogP contribution >= 0.6 is 0 Å². The van der Waals surface area contributed by atoms with Crippen molar-refractivity contribution in [3.63, 3.8) is 0 Å². The zero-order chi connectivity index (χ0) is 50.6. The quantitative estimate of drug-likeness (QED) is 0.145. The monoisotopic (exact) mass is 976 g/mol. The van der Waals surface area contributed by atoms with Crippen LogP contribution in [-0.2, 0) is 5.41 Å². The van der Waals surface area contributed by atoms with Gasteiger partial charge in [-0.05, 0) is 119 Å². The molecule has 0 bridgehead atoms. The summed E-state index contributed by atoms with van der Waals surface area (Å²) in [6.07, 6.45) is 0. The Labute approximate surface area is 447 Å². The van der Waals surface area contributed by atoms with Gasteiger partial charge in [0.25, 0.3) is 0 Å². The van der Waals surface area contributed by atoms with E-state index in [-0.39, 0.29) is 0 Å². The van der Waals surface area contributed by atoms with E-state index in [1.165, 1.54) is 116 Å². The maximum Gasteiger partial charge on any atom is 0.0725 e. The second-order valence-corrected chi connectivity index (χ2v) is 20.6. The number of aromatic nitrogens is 1. The van der Waals surface area contributed by atoms with Gasteiger partial charge in [0, 0.05) is 38.5 Å². The zero-order valence-corrected chi connectivity index (χ0v) is 42.1. The minimum absolute atomic E-state index is 0.444. The Morgan fingerprint density at radius 3 is 1.38 bits per heavy atom. The van der Waals surface area contributed by atoms with E-state index < -0.39 is 5.41 Å². The SMILES string of the molecule is c1ccc(-c2ccc(N(c3ccc4c5ccccc5n(-c5c6ccccc6c(-c6cccc7c6-c6ccccc6C76c7ccccc7-c7ccccc76)c6ccccc56)c4c3)c3ccccc3-c3ccccc3)cc2)cc1. The molecule has 2 nitrogen and oxygen atoms in total. The molecule has 77 heavy (non-hydrogen) atoms. The van der Waals surface area contributed by atoms with E-state index in [2.05, 4.69) is 301 Å². The van der Waals surface area contributed by atoms with Crippen molar-refractivity contribution in [2.24, 2.45) is 0 Å². The molecule has 1 spiro atoms. The molecule has 16 rings (SSSR count). The molecular formula is C75H48N2. The standard InChI is InChI=1S/C75H48N2/c1-3-22-49(23-4-1)50-42-44-52(45-43-50)76(69-40-19-14-26-54(69)51-24-5-2-6-25-51)53-46-47-58-57-29-15-20-41-70(57)77(71(58)48-53)74-61-32-9-7-30-59(61)72(60-31-8-10-33-62(60)74)64-35-21-39-68-73(64)63-34-13-18-38-67(63)75(68)65-36-16-11-27-55(65)56-28-12-17-37-66(56)75/h1-48H. The lowest BCUT2D eigenvalue weighted by Gasteiger charge is -2.30. The number of hydrogen-bond donors (Lipinski definition) is 0. The number of fused-ring (bicyclic) bond motifs is 15. The highest BCUT2D eigenvalue weighted by atomic mass is 15.1. The van der Waals surface area contributed by atoms with Crippen LogP contribution in [0.2, 0.25) is 0 Å². The summed E-state index contributed by atoms with van der Waals surface area (Å²) in [5, 5.41) is 7.27. The van der Waals surface area contributed by atoms with Crippen molar-refractivity contribution in [2.45, 2.75) is 5.41 Å². The van der Waals surface area contributed by atoms with E-state index in [9.17, 15) is 0 Å². The largest absolute Gasteiger partial charge is 0.310 e. The van der Waals surface area contributed by atoms with Crippen molar-refractivity contribution in [3.8, 4) is 61.3 Å². The van der Waals surface area contributed by atoms with E-state index in [0.717, 1.165) is 28.1 Å². The van der Waals surface area contributed by atoms with E-state index in [4.69, 9.17) is 0 Å². The summed E-state index contributed by atoms with van der Waals surface area (Å²) < 4.78 is 2.56. The van der Waals surface area contributed by atoms with Gasteiger partial charge in [-0.3, -0.25) is 0 Å². The maximum atomic E-state index is 2.56. The van der Waals surface area contributed by atoms with Gasteiger partial charge in [-0.2, -0.15) is 0 Å². The average Bonchev–Trinajstić information content (AvgIpc) is 4.32. The van der Waals surface area contributed by atoms with Crippen molar-refractivity contribution in [1.29, 1.82) is 0 Å². The third kappa shape index (κ3) is 6.24. The number of nitrogens with zero attached hydrogens (tertiary/aromatic N) is 2. The third-order valence-corrected chi connectivity index (χ3v) is 16.8. The lowest BCUT2D eigenvalue weighted by atomic mass is 9.70. The van der Waals surface area contributed by atoms with Gasteiger partial charge in [0.15, 0.2) is 0 Å². The molecule has 13 aromatic carbocycles. The van der Waals surface area contributed by atoms with Crippen LogP contribution in [0.1, 0.15) is 22.3 Å². The first-order chi connectivity index (χ1) is 38.3. The third-order valence-electron chi connectivity index (χ3n) is 16.8. The van der Waals surface area contributed by atoms with Crippen LogP contribution < -0.4 is 4.90 Å². The molecule has 0 atom stereocenters. The predicted octanol–water partition coefficient (Wildman–Crippen LogP) is 19.9. The van der Waals surface area contributed by atoms with Crippen molar-refractivity contribution in [3.05, 3.63) is 313 Å². The van der Waals surface area contributed by atoms with Gasteiger partial charge in [-0.1, -0.05) is 255 Å². The topological polar surface area (TPSA) is 8.17 Å². The molecule has 2 aliphatic rings. The summed E-state index contributed by atoms with van der Waals surface area (Å²) in [6.45, 7) is 0. The number of rotatable bonds is 7. The molecule has 1 heterocycles. The Morgan fingerprint density at radius 1 is 0.260 bits per heavy atom. The number of para-hydroxylation sites is 2. The molecule has 0 radical (unpaired) electrons. The van der Waals surface area contributed by atoms with Gasteiger partial charge in [0.05, 0.1) is 27.8 Å². The van der Waals surface area contributed by atoms with E-state index in [1.54, 1.807) is 0 Å². The number of anilines is 3. The van der Waals surface area contributed by atoms with Crippen LogP contribution in [0, 0.1) is 0 Å². The fraction of sp³-hybridized carbons (Fsp3) is 0.0133. The summed E-state index contributed by atoms with van der Waals surface area (Å²) in [4.78, 5) is 2.44. The molecule has 0 aliphatic heterocycles. The molecule has 358 valence electrons. The molecule has 0 unspecified atom stereocenters. The van der Waals surface area contributed by atoms with Crippen molar-refractivity contribution in [2.75, 3.05) is 4.90 Å². The highest BCUT2D eigenvalue weighted by molar-refractivity contribution is 6.22. The van der Waals surface area contributed by atoms with Gasteiger partial charge in [-0.15, -0.1) is 0 Å². The molecule has 14 aromatic rings. The van der Waals surface area contributed by atoms with Crippen LogP contribution in [0.25, 0.3) is 105 Å². The number of benzene rings is 13. The second-order valence-electron chi connectivity index (χ2n) is 20.6. The van der Waals surface area contributed by atoms with Gasteiger partial charge in [0.2, 0.25) is 0 Å². The summed E-state index contributed by atoms with van der Waals surface area (Å²) in [6, 6.07) is 108. The molecule has 2 aliphatic carbocycles. The minimum Gasteiger partial charge on any atom is -0.310 e. The first-order valence-electron chi connectivity index (χ1n) is 26.8. The Hall–Kier alpha value is -10.0. The molecule has 0 amide bonds. The van der Waals surface area contributed by atoms with Gasteiger partial charge in [-0.25, -0.2) is 0 Å². The van der Waals surface area contributed by atoms with E-state index >= 15 is 0 Å². The lowest BCUT2D eigenvalue weighted by molar-refractivity contribution is 0.794. The molecule has 2 heteroatoms. The van der Waals surface area contributed by atoms with Crippen LogP contribution in [0.3, 0.4) is 0 Å². The first-order valence-corrected chi connectivity index (χ1v) is 26.8. The maximum absolute atomic E-state index is 2.56. The molecule has 0 N–H and O–H groups in total. The minimum atomic E-state index is -0.444. The van der Waals surface area contributed by atoms with E-state index in [0.29, 0.717) is 0 Å². The summed E-state index contributed by atoms with van der Waals surface area (Å²) in [5.41, 5.74) is 24.2. The lowest BCUT2D eigenvalue weighted by Crippen LogP contribution is -2.25. The van der Waals surface area contributed by atoms with Gasteiger partial charge >= 0.3 is 0 Å². The molecular weight excluding hydrogens is 929 g/mol. The second kappa shape index (κ2) is 17.0. The fourth-order valence-corrected chi connectivity index (χ4v) is 13.7. The van der Waals surface area contributed by atoms with Crippen molar-refractivity contribution in [1.82, 2.24) is 4.57 Å². The smallest absolute Gasteiger partial charge is 0.0725 e.